The Morgan fingerprint density at radius 3 is 1.28 bits per heavy atom. The van der Waals surface area contributed by atoms with Gasteiger partial charge in [-0.15, -0.1) is 0 Å². The molecule has 67 heavy (non-hydrogen) atoms. The highest BCUT2D eigenvalue weighted by atomic mass is 31.2. The maximum atomic E-state index is 13.0. The molecule has 3 N–H and O–H groups in total. The van der Waals surface area contributed by atoms with E-state index in [9.17, 15) is 19.4 Å². The minimum absolute atomic E-state index is 0.0546. The highest BCUT2D eigenvalue weighted by Crippen LogP contribution is 2.43. The number of carbonyl (C=O) groups excluding carboxylic acids is 1. The van der Waals surface area contributed by atoms with Gasteiger partial charge in [0.05, 0.1) is 39.9 Å². The van der Waals surface area contributed by atoms with E-state index in [1.165, 1.54) is 199 Å². The lowest BCUT2D eigenvalue weighted by molar-refractivity contribution is -0.870. The molecule has 0 fully saturated rings. The fraction of sp³-hybridized carbons (Fsp3) is 0.845. The van der Waals surface area contributed by atoms with Crippen molar-refractivity contribution in [2.24, 2.45) is 0 Å². The summed E-state index contributed by atoms with van der Waals surface area (Å²) in [5, 5.41) is 13.9. The molecule has 394 valence electrons. The number of phosphoric ester groups is 1. The number of quaternary nitrogens is 1. The molecule has 3 unspecified atom stereocenters. The van der Waals surface area contributed by atoms with E-state index in [0.29, 0.717) is 17.4 Å². The molecule has 0 saturated carbocycles. The summed E-state index contributed by atoms with van der Waals surface area (Å²) in [6, 6.07) is -0.867. The van der Waals surface area contributed by atoms with Crippen LogP contribution in [0.15, 0.2) is 48.6 Å². The van der Waals surface area contributed by atoms with Gasteiger partial charge in [0.1, 0.15) is 13.2 Å². The molecule has 0 aliphatic carbocycles. The van der Waals surface area contributed by atoms with Crippen molar-refractivity contribution in [1.29, 1.82) is 0 Å². The maximum absolute atomic E-state index is 13.0. The second-order valence-corrected chi connectivity index (χ2v) is 22.1. The van der Waals surface area contributed by atoms with Crippen LogP contribution in [0.5, 0.6) is 0 Å². The van der Waals surface area contributed by atoms with E-state index in [-0.39, 0.29) is 19.1 Å². The van der Waals surface area contributed by atoms with E-state index in [1.54, 1.807) is 6.08 Å². The number of rotatable bonds is 52. The molecule has 0 heterocycles. The van der Waals surface area contributed by atoms with Crippen molar-refractivity contribution >= 4 is 13.7 Å². The number of hydrogen-bond donors (Lipinski definition) is 3. The van der Waals surface area contributed by atoms with Crippen LogP contribution in [-0.4, -0.2) is 73.4 Å². The van der Waals surface area contributed by atoms with Gasteiger partial charge in [0.2, 0.25) is 5.91 Å². The fourth-order valence-electron chi connectivity index (χ4n) is 8.27. The number of aliphatic hydroxyl groups is 1. The summed E-state index contributed by atoms with van der Waals surface area (Å²) >= 11 is 0. The number of carbonyl (C=O) groups is 1. The van der Waals surface area contributed by atoms with E-state index < -0.39 is 20.0 Å². The first-order chi connectivity index (χ1) is 32.5. The molecule has 9 heteroatoms. The van der Waals surface area contributed by atoms with Crippen molar-refractivity contribution in [3.63, 3.8) is 0 Å². The molecule has 0 rings (SSSR count). The number of likely N-dealkylation sites (N-methyl/N-ethyl adjacent to an activating group) is 1. The average Bonchev–Trinajstić information content (AvgIpc) is 3.29. The monoisotopic (exact) mass is 964 g/mol. The second kappa shape index (κ2) is 49.4. The van der Waals surface area contributed by atoms with Crippen molar-refractivity contribution in [1.82, 2.24) is 5.32 Å². The zero-order valence-electron chi connectivity index (χ0n) is 44.9. The normalized spacial score (nSPS) is 14.3. The first kappa shape index (κ1) is 65.5. The first-order valence-electron chi connectivity index (χ1n) is 28.5. The van der Waals surface area contributed by atoms with Gasteiger partial charge in [0, 0.05) is 6.42 Å². The van der Waals surface area contributed by atoms with Gasteiger partial charge in [-0.2, -0.15) is 0 Å². The summed E-state index contributed by atoms with van der Waals surface area (Å²) in [5.74, 6) is -0.190. The highest BCUT2D eigenvalue weighted by molar-refractivity contribution is 7.47. The van der Waals surface area contributed by atoms with Crippen LogP contribution in [0.25, 0.3) is 0 Å². The molecule has 8 nitrogen and oxygen atoms in total. The Bertz CT molecular complexity index is 1230. The number of nitrogens with one attached hydrogen (secondary N) is 1. The minimum atomic E-state index is -4.36. The van der Waals surface area contributed by atoms with Crippen LogP contribution in [0.4, 0.5) is 0 Å². The molecule has 0 aromatic carbocycles. The lowest BCUT2D eigenvalue weighted by Crippen LogP contribution is -2.45. The van der Waals surface area contributed by atoms with Crippen molar-refractivity contribution in [3.05, 3.63) is 48.6 Å². The number of nitrogens with zero attached hydrogens (tertiary/aromatic N) is 1. The number of unbranched alkanes of at least 4 members (excludes halogenated alkanes) is 33. The van der Waals surface area contributed by atoms with Gasteiger partial charge >= 0.3 is 7.82 Å². The maximum Gasteiger partial charge on any atom is 0.472 e. The number of allylic oxidation sites excluding steroid dienone is 7. The molecule has 1 amide bonds. The van der Waals surface area contributed by atoms with Gasteiger partial charge in [0.25, 0.3) is 0 Å². The molecular weight excluding hydrogens is 852 g/mol. The van der Waals surface area contributed by atoms with Gasteiger partial charge in [0.15, 0.2) is 0 Å². The third-order valence-electron chi connectivity index (χ3n) is 12.8. The summed E-state index contributed by atoms with van der Waals surface area (Å²) in [4.78, 5) is 23.3. The Kier molecular flexibility index (Phi) is 48.3. The number of hydrogen-bond acceptors (Lipinski definition) is 5. The van der Waals surface area contributed by atoms with Crippen LogP contribution in [0.3, 0.4) is 0 Å². The Morgan fingerprint density at radius 1 is 0.507 bits per heavy atom. The van der Waals surface area contributed by atoms with Gasteiger partial charge in [-0.05, 0) is 64.2 Å². The Balaban J connectivity index is 4.28. The first-order valence-corrected chi connectivity index (χ1v) is 30.0. The quantitative estimate of drug-likeness (QED) is 0.0243. The molecule has 0 aliphatic rings. The number of phosphoric acid groups is 1. The molecule has 0 aromatic heterocycles. The fourth-order valence-corrected chi connectivity index (χ4v) is 9.00. The Labute approximate surface area is 416 Å². The summed E-state index contributed by atoms with van der Waals surface area (Å²) < 4.78 is 23.7. The molecule has 0 aromatic rings. The summed E-state index contributed by atoms with van der Waals surface area (Å²) in [5.41, 5.74) is 0. The average molecular weight is 965 g/mol. The van der Waals surface area contributed by atoms with E-state index >= 15 is 0 Å². The van der Waals surface area contributed by atoms with Crippen LogP contribution < -0.4 is 5.32 Å². The summed E-state index contributed by atoms with van der Waals surface area (Å²) in [7, 11) is 1.55. The van der Waals surface area contributed by atoms with Crippen LogP contribution in [-0.2, 0) is 18.4 Å². The second-order valence-electron chi connectivity index (χ2n) is 20.7. The van der Waals surface area contributed by atoms with Crippen LogP contribution in [0, 0.1) is 0 Å². The van der Waals surface area contributed by atoms with E-state index in [2.05, 4.69) is 55.6 Å². The van der Waals surface area contributed by atoms with Crippen molar-refractivity contribution < 1.29 is 32.9 Å². The summed E-state index contributed by atoms with van der Waals surface area (Å²) in [6.07, 6.45) is 65.0. The third kappa shape index (κ3) is 52.1. The molecule has 0 bridgehead atoms. The third-order valence-corrected chi connectivity index (χ3v) is 13.8. The molecule has 0 spiro atoms. The summed E-state index contributed by atoms with van der Waals surface area (Å²) in [6.45, 7) is 4.81. The van der Waals surface area contributed by atoms with Crippen molar-refractivity contribution in [2.45, 2.75) is 276 Å². The SMILES string of the molecule is CCCCCCC/C=C\C/C=C\CCCCCCCCCCCC(=O)NC(COP(=O)(O)OCC[N+](C)(C)C)C(O)/C=C/CC/C=C/CCCCCCCCCCCCCCCCCCCC. The molecule has 0 saturated heterocycles. The van der Waals surface area contributed by atoms with Gasteiger partial charge in [-0.25, -0.2) is 4.57 Å². The molecule has 0 aliphatic heterocycles. The van der Waals surface area contributed by atoms with E-state index in [0.717, 1.165) is 44.9 Å². The standard InChI is InChI=1S/C58H111N2O6P/c1-6-8-10-12-14-16-18-20-22-24-26-28-29-30-32-33-35-37-39-41-43-45-47-49-51-57(61)56(55-66-67(63,64)65-54-53-60(3,4)5)59-58(62)52-50-48-46-44-42-40-38-36-34-31-27-25-23-21-19-17-15-13-11-9-7-2/h19,21,25,27,41,43,49,51,56-57,61H,6-18,20,22-24,26,28-40,42,44-48,50,52-55H2,1-5H3,(H-,59,62,63,64)/p+1/b21-19-,27-25-,43-41+,51-49+. The van der Waals surface area contributed by atoms with Crippen LogP contribution in [0.2, 0.25) is 0 Å². The highest BCUT2D eigenvalue weighted by Gasteiger charge is 2.27. The molecule has 0 radical (unpaired) electrons. The number of amides is 1. The van der Waals surface area contributed by atoms with Crippen molar-refractivity contribution in [3.8, 4) is 0 Å². The van der Waals surface area contributed by atoms with E-state index in [1.807, 2.05) is 27.2 Å². The van der Waals surface area contributed by atoms with E-state index in [4.69, 9.17) is 9.05 Å². The largest absolute Gasteiger partial charge is 0.472 e. The van der Waals surface area contributed by atoms with Gasteiger partial charge in [-0.1, -0.05) is 242 Å². The van der Waals surface area contributed by atoms with Gasteiger partial charge in [-0.3, -0.25) is 13.8 Å². The Morgan fingerprint density at radius 2 is 0.866 bits per heavy atom. The molecular formula is C58H112N2O6P+. The number of aliphatic hydroxyl groups excluding tert-OH is 1. The zero-order chi connectivity index (χ0) is 49.2. The zero-order valence-corrected chi connectivity index (χ0v) is 45.8. The lowest BCUT2D eigenvalue weighted by atomic mass is 10.0. The predicted molar refractivity (Wildman–Crippen MR) is 291 cm³/mol. The minimum Gasteiger partial charge on any atom is -0.387 e. The van der Waals surface area contributed by atoms with Gasteiger partial charge < -0.3 is 19.8 Å². The van der Waals surface area contributed by atoms with Crippen LogP contribution >= 0.6 is 7.82 Å². The van der Waals surface area contributed by atoms with Crippen molar-refractivity contribution in [2.75, 3.05) is 40.9 Å². The predicted octanol–water partition coefficient (Wildman–Crippen LogP) is 17.2. The van der Waals surface area contributed by atoms with Crippen LogP contribution in [0.1, 0.15) is 264 Å². The molecule has 3 atom stereocenters. The smallest absolute Gasteiger partial charge is 0.387 e. The Hall–Kier alpha value is -1.54. The lowest BCUT2D eigenvalue weighted by Gasteiger charge is -2.25. The topological polar surface area (TPSA) is 105 Å².